The zero-order chi connectivity index (χ0) is 21.3. The lowest BCUT2D eigenvalue weighted by Crippen LogP contribution is -2.36. The molecule has 8 nitrogen and oxygen atoms in total. The maximum atomic E-state index is 11.8. The molecule has 0 fully saturated rings. The normalized spacial score (nSPS) is 10.7. The molecule has 0 bridgehead atoms. The first-order chi connectivity index (χ1) is 13.8. The molecule has 1 heterocycles. The molecule has 1 amide bonds. The predicted octanol–water partition coefficient (Wildman–Crippen LogP) is 4.32. The minimum atomic E-state index is -0.662. The molecule has 0 aliphatic heterocycles. The van der Waals surface area contributed by atoms with Crippen LogP contribution in [-0.4, -0.2) is 33.2 Å². The summed E-state index contributed by atoms with van der Waals surface area (Å²) in [7, 11) is 0. The second-order valence-corrected chi connectivity index (χ2v) is 7.47. The van der Waals surface area contributed by atoms with Crippen molar-refractivity contribution < 1.29 is 9.53 Å². The van der Waals surface area contributed by atoms with E-state index in [-0.39, 0.29) is 11.2 Å². The van der Waals surface area contributed by atoms with Crippen molar-refractivity contribution in [3.05, 3.63) is 35.6 Å². The number of hydrazine groups is 1. The van der Waals surface area contributed by atoms with Crippen LogP contribution in [0.3, 0.4) is 0 Å². The van der Waals surface area contributed by atoms with Gasteiger partial charge < -0.3 is 9.64 Å². The van der Waals surface area contributed by atoms with Crippen LogP contribution in [0.1, 0.15) is 40.0 Å². The summed E-state index contributed by atoms with van der Waals surface area (Å²) in [5.74, 6) is 3.08. The number of hydrogen-bond acceptors (Lipinski definition) is 7. The molecular formula is C20H25ClN6O2. The van der Waals surface area contributed by atoms with Crippen molar-refractivity contribution in [2.24, 2.45) is 0 Å². The number of nitrogens with zero attached hydrogens (tertiary/aromatic N) is 4. The molecule has 0 atom stereocenters. The van der Waals surface area contributed by atoms with Crippen LogP contribution in [0.25, 0.3) is 0 Å². The molecule has 2 aromatic rings. The van der Waals surface area contributed by atoms with Crippen LogP contribution in [-0.2, 0) is 4.74 Å². The Labute approximate surface area is 176 Å². The minimum Gasteiger partial charge on any atom is -0.443 e. The third-order valence-electron chi connectivity index (χ3n) is 3.53. The summed E-state index contributed by atoms with van der Waals surface area (Å²) in [6.45, 7) is 5.94. The van der Waals surface area contributed by atoms with Gasteiger partial charge in [0.15, 0.2) is 0 Å². The maximum Gasteiger partial charge on any atom is 0.426 e. The van der Waals surface area contributed by atoms with Crippen molar-refractivity contribution in [1.29, 1.82) is 0 Å². The van der Waals surface area contributed by atoms with Gasteiger partial charge in [0.05, 0.1) is 0 Å². The number of nitrogens with one attached hydrogen (secondary N) is 2. The lowest BCUT2D eigenvalue weighted by atomic mass is 10.2. The highest BCUT2D eigenvalue weighted by Gasteiger charge is 2.18. The Balaban J connectivity index is 2.18. The van der Waals surface area contributed by atoms with Crippen molar-refractivity contribution in [2.45, 2.75) is 45.6 Å². The van der Waals surface area contributed by atoms with Crippen LogP contribution in [0, 0.1) is 12.3 Å². The summed E-state index contributed by atoms with van der Waals surface area (Å²) in [5, 5.41) is -0.00644. The Hall–Kier alpha value is -3.05. The third-order valence-corrected chi connectivity index (χ3v) is 3.70. The van der Waals surface area contributed by atoms with Crippen LogP contribution >= 0.6 is 11.6 Å². The molecule has 0 aliphatic rings. The molecule has 154 valence electrons. The average Bonchev–Trinajstić information content (AvgIpc) is 2.65. The monoisotopic (exact) mass is 416 g/mol. The van der Waals surface area contributed by atoms with Gasteiger partial charge in [0.25, 0.3) is 0 Å². The van der Waals surface area contributed by atoms with Crippen LogP contribution in [0.2, 0.25) is 5.28 Å². The van der Waals surface area contributed by atoms with E-state index in [2.05, 4.69) is 31.7 Å². The Kier molecular flexibility index (Phi) is 8.04. The molecule has 0 saturated carbocycles. The van der Waals surface area contributed by atoms with Gasteiger partial charge in [0.1, 0.15) is 5.60 Å². The molecule has 29 heavy (non-hydrogen) atoms. The van der Waals surface area contributed by atoms with Gasteiger partial charge in [-0.25, -0.2) is 10.2 Å². The van der Waals surface area contributed by atoms with E-state index in [1.54, 1.807) is 20.8 Å². The smallest absolute Gasteiger partial charge is 0.426 e. The van der Waals surface area contributed by atoms with E-state index in [1.807, 2.05) is 35.2 Å². The Morgan fingerprint density at radius 1 is 1.21 bits per heavy atom. The molecule has 1 aromatic carbocycles. The number of benzene rings is 1. The number of rotatable bonds is 8. The fourth-order valence-corrected chi connectivity index (χ4v) is 2.53. The molecule has 0 radical (unpaired) electrons. The van der Waals surface area contributed by atoms with Gasteiger partial charge in [-0.2, -0.15) is 15.0 Å². The van der Waals surface area contributed by atoms with Gasteiger partial charge in [-0.1, -0.05) is 18.2 Å². The second-order valence-electron chi connectivity index (χ2n) is 7.13. The Morgan fingerprint density at radius 2 is 1.93 bits per heavy atom. The quantitative estimate of drug-likeness (QED) is 0.376. The molecule has 0 spiro atoms. The molecule has 9 heteroatoms. The van der Waals surface area contributed by atoms with Gasteiger partial charge in [-0.15, -0.1) is 12.3 Å². The third kappa shape index (κ3) is 7.84. The van der Waals surface area contributed by atoms with Gasteiger partial charge in [0.2, 0.25) is 17.2 Å². The number of carbonyl (C=O) groups is 1. The highest BCUT2D eigenvalue weighted by atomic mass is 35.5. The van der Waals surface area contributed by atoms with E-state index in [0.717, 1.165) is 18.5 Å². The van der Waals surface area contributed by atoms with Crippen LogP contribution in [0.15, 0.2) is 30.3 Å². The van der Waals surface area contributed by atoms with Crippen LogP contribution < -0.4 is 15.8 Å². The molecule has 2 rings (SSSR count). The molecule has 1 aromatic heterocycles. The largest absolute Gasteiger partial charge is 0.443 e. The Morgan fingerprint density at radius 3 is 2.59 bits per heavy atom. The number of ether oxygens (including phenoxy) is 1. The molecule has 0 aliphatic carbocycles. The summed E-state index contributed by atoms with van der Waals surface area (Å²) in [5.41, 5.74) is 5.27. The maximum absolute atomic E-state index is 11.8. The molecular weight excluding hydrogens is 392 g/mol. The van der Waals surface area contributed by atoms with Crippen molar-refractivity contribution in [1.82, 2.24) is 20.4 Å². The summed E-state index contributed by atoms with van der Waals surface area (Å²) in [6.07, 6.45) is 7.10. The number of halogens is 1. The van der Waals surface area contributed by atoms with Crippen molar-refractivity contribution >= 4 is 35.3 Å². The van der Waals surface area contributed by atoms with E-state index in [0.29, 0.717) is 18.9 Å². The van der Waals surface area contributed by atoms with E-state index in [9.17, 15) is 4.79 Å². The van der Waals surface area contributed by atoms with E-state index in [1.165, 1.54) is 0 Å². The summed E-state index contributed by atoms with van der Waals surface area (Å²) in [4.78, 5) is 26.4. The number of anilines is 3. The average molecular weight is 417 g/mol. The van der Waals surface area contributed by atoms with Gasteiger partial charge in [-0.05, 0) is 57.3 Å². The van der Waals surface area contributed by atoms with Gasteiger partial charge in [-0.3, -0.25) is 5.43 Å². The van der Waals surface area contributed by atoms with Gasteiger partial charge in [0, 0.05) is 18.7 Å². The summed E-state index contributed by atoms with van der Waals surface area (Å²) >= 11 is 6.09. The second kappa shape index (κ2) is 10.5. The first-order valence-electron chi connectivity index (χ1n) is 9.21. The minimum absolute atomic E-state index is 0.00644. The van der Waals surface area contributed by atoms with Crippen molar-refractivity contribution in [2.75, 3.05) is 16.9 Å². The number of hydrogen-bond donors (Lipinski definition) is 2. The summed E-state index contributed by atoms with van der Waals surface area (Å²) in [6, 6.07) is 9.68. The summed E-state index contributed by atoms with van der Waals surface area (Å²) < 4.78 is 5.17. The predicted molar refractivity (Wildman–Crippen MR) is 114 cm³/mol. The topological polar surface area (TPSA) is 92.3 Å². The van der Waals surface area contributed by atoms with E-state index in [4.69, 9.17) is 22.8 Å². The van der Waals surface area contributed by atoms with Crippen molar-refractivity contribution in [3.8, 4) is 12.3 Å². The highest BCUT2D eigenvalue weighted by molar-refractivity contribution is 6.28. The first kappa shape index (κ1) is 22.2. The number of terminal acetylenes is 1. The van der Waals surface area contributed by atoms with Crippen LogP contribution in [0.4, 0.5) is 22.4 Å². The van der Waals surface area contributed by atoms with Crippen molar-refractivity contribution in [3.63, 3.8) is 0 Å². The fraction of sp³-hybridized carbons (Fsp3) is 0.400. The zero-order valence-corrected chi connectivity index (χ0v) is 17.5. The SMILES string of the molecule is C#CCCCCN(c1ccccc1)c1nc(Cl)nc(NNC(=O)OC(C)(C)C)n1. The van der Waals surface area contributed by atoms with Gasteiger partial charge >= 0.3 is 6.09 Å². The Bertz CT molecular complexity index is 848. The number of aromatic nitrogens is 3. The standard InChI is InChI=1S/C20H25ClN6O2/c1-5-6-7-11-14-27(15-12-9-8-10-13-15)18-23-16(21)22-17(24-18)25-26-19(28)29-20(2,3)4/h1,8-10,12-13H,6-7,11,14H2,2-4H3,(H,26,28)(H,22,23,24,25). The van der Waals surface area contributed by atoms with E-state index < -0.39 is 11.7 Å². The number of amides is 1. The fourth-order valence-electron chi connectivity index (χ4n) is 2.38. The van der Waals surface area contributed by atoms with E-state index >= 15 is 0 Å². The zero-order valence-electron chi connectivity index (χ0n) is 16.8. The van der Waals surface area contributed by atoms with Crippen LogP contribution in [0.5, 0.6) is 0 Å². The number of carbonyl (C=O) groups excluding carboxylic acids is 1. The molecule has 2 N–H and O–H groups in total. The molecule has 0 unspecified atom stereocenters. The highest BCUT2D eigenvalue weighted by Crippen LogP contribution is 2.24. The first-order valence-corrected chi connectivity index (χ1v) is 9.59. The lowest BCUT2D eigenvalue weighted by molar-refractivity contribution is 0.0540. The molecule has 0 saturated heterocycles. The lowest BCUT2D eigenvalue weighted by Gasteiger charge is -2.23. The number of para-hydroxylation sites is 1. The number of unbranched alkanes of at least 4 members (excludes halogenated alkanes) is 2.